The molecule has 0 fully saturated rings. The van der Waals surface area contributed by atoms with Crippen LogP contribution in [0.3, 0.4) is 0 Å². The first kappa shape index (κ1) is 21.8. The molecule has 1 heterocycles. The van der Waals surface area contributed by atoms with Crippen LogP contribution < -0.4 is 10.0 Å². The van der Waals surface area contributed by atoms with Crippen LogP contribution in [0.4, 0.5) is 0 Å². The number of benzene rings is 2. The topological polar surface area (TPSA) is 88.4 Å². The monoisotopic (exact) mass is 426 g/mol. The summed E-state index contributed by atoms with van der Waals surface area (Å²) in [6.07, 6.45) is 1.48. The van der Waals surface area contributed by atoms with E-state index in [0.29, 0.717) is 17.9 Å². The molecule has 0 aliphatic carbocycles. The van der Waals surface area contributed by atoms with Gasteiger partial charge in [-0.3, -0.25) is 4.79 Å². The molecule has 6 nitrogen and oxygen atoms in total. The van der Waals surface area contributed by atoms with Crippen molar-refractivity contribution >= 4 is 15.9 Å². The number of hydrogen-bond donors (Lipinski definition) is 2. The lowest BCUT2D eigenvalue weighted by Gasteiger charge is -2.26. The van der Waals surface area contributed by atoms with E-state index in [4.69, 9.17) is 4.42 Å². The minimum absolute atomic E-state index is 0.0611. The minimum atomic E-state index is -3.70. The fraction of sp³-hybridized carbons (Fsp3) is 0.261. The Labute approximate surface area is 177 Å². The Hall–Kier alpha value is -2.90. The third-order valence-electron chi connectivity index (χ3n) is 4.93. The average Bonchev–Trinajstić information content (AvgIpc) is 3.24. The van der Waals surface area contributed by atoms with E-state index in [-0.39, 0.29) is 22.8 Å². The van der Waals surface area contributed by atoms with Gasteiger partial charge in [0.15, 0.2) is 0 Å². The Balaban J connectivity index is 1.62. The highest BCUT2D eigenvalue weighted by Crippen LogP contribution is 2.23. The first-order valence-electron chi connectivity index (χ1n) is 9.65. The summed E-state index contributed by atoms with van der Waals surface area (Å²) in [4.78, 5) is 12.6. The molecular weight excluding hydrogens is 400 g/mol. The second-order valence-corrected chi connectivity index (χ2v) is 9.63. The smallest absolute Gasteiger partial charge is 0.251 e. The van der Waals surface area contributed by atoms with E-state index in [9.17, 15) is 13.2 Å². The average molecular weight is 427 g/mol. The molecule has 30 heavy (non-hydrogen) atoms. The van der Waals surface area contributed by atoms with Crippen molar-refractivity contribution < 1.29 is 17.6 Å². The van der Waals surface area contributed by atoms with Gasteiger partial charge in [-0.15, -0.1) is 0 Å². The van der Waals surface area contributed by atoms with Crippen molar-refractivity contribution in [2.45, 2.75) is 37.6 Å². The zero-order valence-corrected chi connectivity index (χ0v) is 18.1. The maximum atomic E-state index is 12.5. The summed E-state index contributed by atoms with van der Waals surface area (Å²) < 4.78 is 32.4. The lowest BCUT2D eigenvalue weighted by molar-refractivity contribution is 0.0945. The second-order valence-electron chi connectivity index (χ2n) is 7.86. The van der Waals surface area contributed by atoms with Crippen molar-refractivity contribution in [2.75, 3.05) is 6.54 Å². The fourth-order valence-electron chi connectivity index (χ4n) is 3.02. The molecule has 0 spiro atoms. The highest BCUT2D eigenvalue weighted by atomic mass is 32.2. The Kier molecular flexibility index (Phi) is 6.43. The van der Waals surface area contributed by atoms with Gasteiger partial charge in [0.25, 0.3) is 5.91 Å². The Bertz CT molecular complexity index is 1100. The van der Waals surface area contributed by atoms with Gasteiger partial charge in [0, 0.05) is 17.5 Å². The van der Waals surface area contributed by atoms with Gasteiger partial charge in [-0.25, -0.2) is 13.1 Å². The molecule has 3 aromatic rings. The van der Waals surface area contributed by atoms with Crippen LogP contribution in [-0.2, 0) is 22.0 Å². The molecule has 0 atom stereocenters. The van der Waals surface area contributed by atoms with Crippen molar-refractivity contribution in [3.8, 4) is 0 Å². The van der Waals surface area contributed by atoms with Crippen LogP contribution in [0.2, 0.25) is 0 Å². The van der Waals surface area contributed by atoms with Crippen molar-refractivity contribution in [1.82, 2.24) is 10.0 Å². The number of carbonyl (C=O) groups excluding carboxylic acids is 1. The standard InChI is InChI=1S/C23H26N2O4S/c1-17-6-4-7-19(14-17)23(2,3)16-24-22(26)18-9-11-21(12-10-18)30(27,28)25-15-20-8-5-13-29-20/h4-14,25H,15-16H2,1-3H3,(H,24,26). The summed E-state index contributed by atoms with van der Waals surface area (Å²) in [6.45, 7) is 6.70. The van der Waals surface area contributed by atoms with E-state index in [1.807, 2.05) is 19.1 Å². The molecule has 2 N–H and O–H groups in total. The lowest BCUT2D eigenvalue weighted by atomic mass is 9.84. The predicted octanol–water partition coefficient (Wildman–Crippen LogP) is 3.77. The summed E-state index contributed by atoms with van der Waals surface area (Å²) in [5, 5.41) is 2.94. The first-order chi connectivity index (χ1) is 14.2. The van der Waals surface area contributed by atoms with Gasteiger partial charge in [-0.05, 0) is 48.9 Å². The van der Waals surface area contributed by atoms with E-state index in [0.717, 1.165) is 5.56 Å². The Morgan fingerprint density at radius 2 is 1.77 bits per heavy atom. The minimum Gasteiger partial charge on any atom is -0.468 e. The maximum Gasteiger partial charge on any atom is 0.251 e. The first-order valence-corrected chi connectivity index (χ1v) is 11.1. The summed E-state index contributed by atoms with van der Waals surface area (Å²) in [7, 11) is -3.70. The number of nitrogens with one attached hydrogen (secondary N) is 2. The normalized spacial score (nSPS) is 12.0. The van der Waals surface area contributed by atoms with Crippen LogP contribution in [0.5, 0.6) is 0 Å². The van der Waals surface area contributed by atoms with E-state index >= 15 is 0 Å². The molecule has 158 valence electrons. The zero-order valence-electron chi connectivity index (χ0n) is 17.3. The van der Waals surface area contributed by atoms with Gasteiger partial charge in [-0.1, -0.05) is 43.7 Å². The number of sulfonamides is 1. The van der Waals surface area contributed by atoms with E-state index in [1.54, 1.807) is 12.1 Å². The largest absolute Gasteiger partial charge is 0.468 e. The molecule has 2 aromatic carbocycles. The maximum absolute atomic E-state index is 12.5. The highest BCUT2D eigenvalue weighted by Gasteiger charge is 2.22. The Morgan fingerprint density at radius 1 is 1.03 bits per heavy atom. The summed E-state index contributed by atoms with van der Waals surface area (Å²) in [5.41, 5.74) is 2.48. The zero-order chi connectivity index (χ0) is 21.8. The molecule has 7 heteroatoms. The molecule has 0 aliphatic heterocycles. The molecule has 0 saturated carbocycles. The molecular formula is C23H26N2O4S. The molecule has 1 amide bonds. The number of furan rings is 1. The summed E-state index contributed by atoms with van der Waals surface area (Å²) in [6, 6.07) is 17.5. The van der Waals surface area contributed by atoms with Crippen LogP contribution >= 0.6 is 0 Å². The quantitative estimate of drug-likeness (QED) is 0.574. The van der Waals surface area contributed by atoms with Gasteiger partial charge < -0.3 is 9.73 Å². The third-order valence-corrected chi connectivity index (χ3v) is 6.35. The van der Waals surface area contributed by atoms with Crippen LogP contribution in [0.25, 0.3) is 0 Å². The fourth-order valence-corrected chi connectivity index (χ4v) is 4.01. The molecule has 0 radical (unpaired) electrons. The number of aryl methyl sites for hydroxylation is 1. The third kappa shape index (κ3) is 5.37. The molecule has 0 aliphatic rings. The van der Waals surface area contributed by atoms with Crippen molar-refractivity contribution in [2.24, 2.45) is 0 Å². The van der Waals surface area contributed by atoms with Crippen LogP contribution in [0.1, 0.15) is 41.1 Å². The molecule has 1 aromatic heterocycles. The summed E-state index contributed by atoms with van der Waals surface area (Å²) in [5.74, 6) is 0.272. The number of rotatable bonds is 8. The van der Waals surface area contributed by atoms with Crippen LogP contribution in [0.15, 0.2) is 76.2 Å². The highest BCUT2D eigenvalue weighted by molar-refractivity contribution is 7.89. The van der Waals surface area contributed by atoms with E-state index < -0.39 is 10.0 Å². The second kappa shape index (κ2) is 8.85. The number of amides is 1. The van der Waals surface area contributed by atoms with Gasteiger partial charge in [0.2, 0.25) is 10.0 Å². The van der Waals surface area contributed by atoms with Gasteiger partial charge in [0.1, 0.15) is 5.76 Å². The van der Waals surface area contributed by atoms with Crippen LogP contribution in [0, 0.1) is 6.92 Å². The number of hydrogen-bond acceptors (Lipinski definition) is 4. The lowest BCUT2D eigenvalue weighted by Crippen LogP contribution is -2.36. The summed E-state index contributed by atoms with van der Waals surface area (Å²) >= 11 is 0. The van der Waals surface area contributed by atoms with Gasteiger partial charge in [0.05, 0.1) is 17.7 Å². The van der Waals surface area contributed by atoms with Crippen molar-refractivity contribution in [3.05, 3.63) is 89.4 Å². The SMILES string of the molecule is Cc1cccc(C(C)(C)CNC(=O)c2ccc(S(=O)(=O)NCc3ccco3)cc2)c1. The van der Waals surface area contributed by atoms with Crippen LogP contribution in [-0.4, -0.2) is 20.9 Å². The predicted molar refractivity (Wildman–Crippen MR) is 116 cm³/mol. The molecule has 0 bridgehead atoms. The van der Waals surface area contributed by atoms with Gasteiger partial charge >= 0.3 is 0 Å². The van der Waals surface area contributed by atoms with Crippen molar-refractivity contribution in [3.63, 3.8) is 0 Å². The van der Waals surface area contributed by atoms with Gasteiger partial charge in [-0.2, -0.15) is 0 Å². The van der Waals surface area contributed by atoms with E-state index in [2.05, 4.69) is 36.0 Å². The Morgan fingerprint density at radius 3 is 2.40 bits per heavy atom. The molecule has 0 saturated heterocycles. The van der Waals surface area contributed by atoms with Crippen molar-refractivity contribution in [1.29, 1.82) is 0 Å². The number of carbonyl (C=O) groups is 1. The molecule has 3 rings (SSSR count). The molecule has 0 unspecified atom stereocenters. The van der Waals surface area contributed by atoms with E-state index in [1.165, 1.54) is 36.1 Å².